The molecule has 1 aromatic carbocycles. The van der Waals surface area contributed by atoms with Crippen LogP contribution in [0.3, 0.4) is 0 Å². The van der Waals surface area contributed by atoms with Crippen LogP contribution in [0.25, 0.3) is 0 Å². The third kappa shape index (κ3) is 5.86. The highest BCUT2D eigenvalue weighted by Crippen LogP contribution is 2.41. The van der Waals surface area contributed by atoms with Crippen LogP contribution in [0.5, 0.6) is 0 Å². The fourth-order valence-electron chi connectivity index (χ4n) is 5.06. The van der Waals surface area contributed by atoms with Gasteiger partial charge in [-0.1, -0.05) is 23.7 Å². The van der Waals surface area contributed by atoms with Gasteiger partial charge in [-0.3, -0.25) is 19.9 Å². The lowest BCUT2D eigenvalue weighted by Crippen LogP contribution is -2.63. The number of carbonyl (C=O) groups excluding carboxylic acids is 2. The van der Waals surface area contributed by atoms with E-state index in [9.17, 15) is 31.5 Å². The molecule has 9 nitrogen and oxygen atoms in total. The second kappa shape index (κ2) is 10.4. The van der Waals surface area contributed by atoms with Crippen LogP contribution in [0.15, 0.2) is 30.7 Å². The Morgan fingerprint density at radius 1 is 1.36 bits per heavy atom. The molecule has 0 spiro atoms. The maximum absolute atomic E-state index is 14.1. The number of nitrogens with one attached hydrogen (secondary N) is 3. The molecular formula is C24H26ClF5N6O3. The van der Waals surface area contributed by atoms with E-state index < -0.39 is 54.6 Å². The Hall–Kier alpha value is -3.26. The molecule has 39 heavy (non-hydrogen) atoms. The second-order valence-corrected chi connectivity index (χ2v) is 10.2. The van der Waals surface area contributed by atoms with Gasteiger partial charge in [0.15, 0.2) is 5.96 Å². The molecule has 2 unspecified atom stereocenters. The molecule has 1 aromatic heterocycles. The van der Waals surface area contributed by atoms with E-state index in [1.165, 1.54) is 19.2 Å². The van der Waals surface area contributed by atoms with Crippen LogP contribution < -0.4 is 10.6 Å². The zero-order chi connectivity index (χ0) is 28.8. The summed E-state index contributed by atoms with van der Waals surface area (Å²) in [4.78, 5) is 30.8. The van der Waals surface area contributed by atoms with Gasteiger partial charge in [-0.05, 0) is 25.0 Å². The highest BCUT2D eigenvalue weighted by Gasteiger charge is 2.50. The van der Waals surface area contributed by atoms with Gasteiger partial charge in [0.25, 0.3) is 11.8 Å². The molecule has 4 rings (SSSR count). The average molecular weight is 577 g/mol. The van der Waals surface area contributed by atoms with E-state index in [0.717, 1.165) is 17.4 Å². The van der Waals surface area contributed by atoms with Crippen molar-refractivity contribution in [2.75, 3.05) is 12.4 Å². The number of rotatable bonds is 6. The van der Waals surface area contributed by atoms with E-state index in [1.54, 1.807) is 13.0 Å². The number of halogens is 6. The molecule has 1 aliphatic heterocycles. The number of nitrogens with zero attached hydrogens (tertiary/aromatic N) is 3. The Bertz CT molecular complexity index is 1270. The number of methoxy groups -OCH3 is 1. The summed E-state index contributed by atoms with van der Waals surface area (Å²) in [6, 6.07) is 3.89. The van der Waals surface area contributed by atoms with Crippen molar-refractivity contribution in [2.24, 2.45) is 0 Å². The number of ether oxygens (including phenoxy) is 1. The molecular weight excluding hydrogens is 551 g/mol. The summed E-state index contributed by atoms with van der Waals surface area (Å²) in [5, 5.41) is 14.0. The Morgan fingerprint density at radius 2 is 2.08 bits per heavy atom. The van der Waals surface area contributed by atoms with Gasteiger partial charge in [0.1, 0.15) is 18.3 Å². The highest BCUT2D eigenvalue weighted by atomic mass is 35.5. The maximum atomic E-state index is 14.1. The normalized spacial score (nSPS) is 25.4. The van der Waals surface area contributed by atoms with Crippen molar-refractivity contribution < 1.29 is 36.3 Å². The van der Waals surface area contributed by atoms with E-state index in [-0.39, 0.29) is 41.6 Å². The molecule has 1 saturated carbocycles. The molecule has 15 heteroatoms. The standard InChI is InChI=1S/C24H26ClF5N6O3/c1-22(9-18(37)36(21(31)34-22)13-6-7-23(26,27)17(8-13)39-2)14-4-3-5-15(19(14)25)33-20(38)16-10-32-12-35(16)11-24(28,29)30/h3-5,10,12-13,17H,6-9,11H2,1-2H3,(H2,31,34)(H,33,38)/t13?,17?,22-/m0/s1. The Balaban J connectivity index is 1.53. The molecule has 1 aliphatic carbocycles. The lowest BCUT2D eigenvalue weighted by molar-refractivity contribution is -0.161. The van der Waals surface area contributed by atoms with Gasteiger partial charge in [-0.2, -0.15) is 13.2 Å². The molecule has 0 bridgehead atoms. The van der Waals surface area contributed by atoms with Gasteiger partial charge in [-0.25, -0.2) is 13.8 Å². The summed E-state index contributed by atoms with van der Waals surface area (Å²) in [5.41, 5.74) is -1.13. The van der Waals surface area contributed by atoms with Crippen molar-refractivity contribution in [3.8, 4) is 0 Å². The molecule has 3 atom stereocenters. The number of carbonyl (C=O) groups is 2. The number of amides is 2. The molecule has 1 saturated heterocycles. The van der Waals surface area contributed by atoms with Crippen molar-refractivity contribution in [2.45, 2.75) is 68.9 Å². The quantitative estimate of drug-likeness (QED) is 0.438. The molecule has 2 heterocycles. The van der Waals surface area contributed by atoms with E-state index in [0.29, 0.717) is 10.1 Å². The second-order valence-electron chi connectivity index (χ2n) is 9.80. The van der Waals surface area contributed by atoms with Crippen LogP contribution in [0.2, 0.25) is 5.02 Å². The summed E-state index contributed by atoms with van der Waals surface area (Å²) in [7, 11) is 1.18. The van der Waals surface area contributed by atoms with Gasteiger partial charge < -0.3 is 19.9 Å². The van der Waals surface area contributed by atoms with Crippen molar-refractivity contribution >= 4 is 35.1 Å². The minimum absolute atomic E-state index is 0.00737. The number of aromatic nitrogens is 2. The van der Waals surface area contributed by atoms with Crippen molar-refractivity contribution in [1.29, 1.82) is 5.41 Å². The minimum Gasteiger partial charge on any atom is -0.375 e. The lowest BCUT2D eigenvalue weighted by atomic mass is 9.83. The number of benzene rings is 1. The largest absolute Gasteiger partial charge is 0.406 e. The number of anilines is 1. The van der Waals surface area contributed by atoms with Crippen molar-refractivity contribution in [1.82, 2.24) is 19.8 Å². The zero-order valence-corrected chi connectivity index (χ0v) is 21.7. The molecule has 0 radical (unpaired) electrons. The Morgan fingerprint density at radius 3 is 2.72 bits per heavy atom. The smallest absolute Gasteiger partial charge is 0.375 e. The Labute approximate surface area is 225 Å². The third-order valence-electron chi connectivity index (χ3n) is 6.96. The first-order valence-corrected chi connectivity index (χ1v) is 12.3. The van der Waals surface area contributed by atoms with E-state index >= 15 is 0 Å². The van der Waals surface area contributed by atoms with Gasteiger partial charge in [0.05, 0.1) is 35.2 Å². The van der Waals surface area contributed by atoms with Gasteiger partial charge in [-0.15, -0.1) is 0 Å². The van der Waals surface area contributed by atoms with Crippen LogP contribution in [-0.2, 0) is 21.6 Å². The topological polar surface area (TPSA) is 112 Å². The minimum atomic E-state index is -4.57. The van der Waals surface area contributed by atoms with E-state index in [1.807, 2.05) is 0 Å². The average Bonchev–Trinajstić information content (AvgIpc) is 3.27. The van der Waals surface area contributed by atoms with Gasteiger partial charge in [0, 0.05) is 26.0 Å². The number of imidazole rings is 1. The number of hydrogen-bond acceptors (Lipinski definition) is 5. The molecule has 2 fully saturated rings. The number of hydrogen-bond donors (Lipinski definition) is 3. The predicted molar refractivity (Wildman–Crippen MR) is 131 cm³/mol. The van der Waals surface area contributed by atoms with Gasteiger partial charge in [0.2, 0.25) is 5.91 Å². The first kappa shape index (κ1) is 28.7. The maximum Gasteiger partial charge on any atom is 0.406 e. The summed E-state index contributed by atoms with van der Waals surface area (Å²) in [6.07, 6.45) is -4.88. The summed E-state index contributed by atoms with van der Waals surface area (Å²) < 4.78 is 72.3. The molecule has 2 amide bonds. The molecule has 2 aliphatic rings. The van der Waals surface area contributed by atoms with Gasteiger partial charge >= 0.3 is 6.18 Å². The first-order valence-electron chi connectivity index (χ1n) is 11.9. The van der Waals surface area contributed by atoms with Crippen LogP contribution in [-0.4, -0.2) is 63.6 Å². The zero-order valence-electron chi connectivity index (χ0n) is 20.9. The summed E-state index contributed by atoms with van der Waals surface area (Å²) >= 11 is 6.58. The van der Waals surface area contributed by atoms with Crippen LogP contribution in [0.4, 0.5) is 27.6 Å². The van der Waals surface area contributed by atoms with Crippen LogP contribution in [0, 0.1) is 5.41 Å². The van der Waals surface area contributed by atoms with E-state index in [2.05, 4.69) is 15.6 Å². The number of alkyl halides is 5. The number of guanidine groups is 1. The lowest BCUT2D eigenvalue weighted by Gasteiger charge is -2.46. The third-order valence-corrected chi connectivity index (χ3v) is 7.37. The van der Waals surface area contributed by atoms with E-state index in [4.69, 9.17) is 21.7 Å². The van der Waals surface area contributed by atoms with Crippen molar-refractivity contribution in [3.63, 3.8) is 0 Å². The van der Waals surface area contributed by atoms with Crippen molar-refractivity contribution in [3.05, 3.63) is 47.0 Å². The fourth-order valence-corrected chi connectivity index (χ4v) is 5.44. The predicted octanol–water partition coefficient (Wildman–Crippen LogP) is 4.53. The van der Waals surface area contributed by atoms with Crippen LogP contribution in [0.1, 0.15) is 48.7 Å². The van der Waals surface area contributed by atoms with Crippen LogP contribution >= 0.6 is 11.6 Å². The highest BCUT2D eigenvalue weighted by molar-refractivity contribution is 6.35. The first-order chi connectivity index (χ1) is 18.1. The fraction of sp³-hybridized carbons (Fsp3) is 0.500. The SMILES string of the molecule is COC1CC(N2C(=N)N[C@](C)(c3cccc(NC(=O)c4cncn4CC(F)(F)F)c3Cl)CC2=O)CCC1(F)F. The molecule has 3 N–H and O–H groups in total. The Kier molecular flexibility index (Phi) is 7.65. The molecule has 2 aromatic rings. The monoisotopic (exact) mass is 576 g/mol. The molecule has 212 valence electrons. The summed E-state index contributed by atoms with van der Waals surface area (Å²) in [6.45, 7) is 0.213. The summed E-state index contributed by atoms with van der Waals surface area (Å²) in [5.74, 6) is -4.68.